The van der Waals surface area contributed by atoms with Gasteiger partial charge in [-0.3, -0.25) is 4.99 Å². The van der Waals surface area contributed by atoms with Crippen LogP contribution < -0.4 is 10.6 Å². The largest absolute Gasteiger partial charge is 0.462 e. The van der Waals surface area contributed by atoms with Gasteiger partial charge in [0.05, 0.1) is 18.3 Å². The average molecular weight is 365 g/mol. The zero-order valence-electron chi connectivity index (χ0n) is 15.5. The molecule has 2 aliphatic rings. The van der Waals surface area contributed by atoms with Gasteiger partial charge in [-0.15, -0.1) is 11.3 Å². The van der Waals surface area contributed by atoms with Crippen LogP contribution in [0.1, 0.15) is 65.9 Å². The van der Waals surface area contributed by atoms with Crippen molar-refractivity contribution in [1.82, 2.24) is 15.6 Å². The first-order valence-corrected chi connectivity index (χ1v) is 9.92. The minimum Gasteiger partial charge on any atom is -0.462 e. The summed E-state index contributed by atoms with van der Waals surface area (Å²) in [5.41, 5.74) is 1.25. The number of esters is 1. The molecule has 0 amide bonds. The van der Waals surface area contributed by atoms with E-state index in [1.54, 1.807) is 7.05 Å². The van der Waals surface area contributed by atoms with E-state index in [1.165, 1.54) is 37.0 Å². The van der Waals surface area contributed by atoms with E-state index in [1.807, 2.05) is 20.8 Å². The molecule has 0 radical (unpaired) electrons. The third-order valence-corrected chi connectivity index (χ3v) is 6.48. The van der Waals surface area contributed by atoms with Gasteiger partial charge in [0.2, 0.25) is 0 Å². The Morgan fingerprint density at radius 2 is 2.20 bits per heavy atom. The monoisotopic (exact) mass is 364 g/mol. The number of carbonyl (C=O) groups excluding carboxylic acids is 1. The lowest BCUT2D eigenvalue weighted by Crippen LogP contribution is -2.41. The molecule has 1 atom stereocenters. The summed E-state index contributed by atoms with van der Waals surface area (Å²) in [6.45, 7) is 7.06. The maximum Gasteiger partial charge on any atom is 0.350 e. The normalized spacial score (nSPS) is 20.1. The Balaban J connectivity index is 1.57. The molecular formula is C18H28N4O2S. The van der Waals surface area contributed by atoms with Crippen LogP contribution in [0.15, 0.2) is 4.99 Å². The molecule has 3 rings (SSSR count). The molecule has 0 aliphatic heterocycles. The first-order valence-electron chi connectivity index (χ1n) is 9.10. The van der Waals surface area contributed by atoms with Crippen molar-refractivity contribution < 1.29 is 9.53 Å². The Labute approximate surface area is 153 Å². The number of aliphatic imine (C=N–C) groups is 1. The highest BCUT2D eigenvalue weighted by atomic mass is 32.1. The average Bonchev–Trinajstić information content (AvgIpc) is 3.49. The van der Waals surface area contributed by atoms with Gasteiger partial charge in [0.25, 0.3) is 0 Å². The van der Waals surface area contributed by atoms with E-state index in [4.69, 9.17) is 4.74 Å². The van der Waals surface area contributed by atoms with Crippen molar-refractivity contribution in [1.29, 1.82) is 0 Å². The standard InChI is InChI=1S/C18H28N4O2S/c1-5-24-16(23)14-11(2)21-15(25-14)12(3)22-17(19-4)20-10-18(8-9-18)13-6-7-13/h12-13H,5-10H2,1-4H3,(H2,19,20,22). The molecule has 0 saturated heterocycles. The fraction of sp³-hybridized carbons (Fsp3) is 0.722. The Morgan fingerprint density at radius 3 is 2.76 bits per heavy atom. The molecule has 25 heavy (non-hydrogen) atoms. The lowest BCUT2D eigenvalue weighted by molar-refractivity contribution is 0.0531. The number of thiazole rings is 1. The minimum atomic E-state index is -0.293. The maximum absolute atomic E-state index is 12.0. The molecule has 1 aromatic rings. The maximum atomic E-state index is 12.0. The summed E-state index contributed by atoms with van der Waals surface area (Å²) in [4.78, 5) is 21.4. The van der Waals surface area contributed by atoms with Crippen LogP contribution in [0.4, 0.5) is 0 Å². The van der Waals surface area contributed by atoms with E-state index in [-0.39, 0.29) is 12.0 Å². The second-order valence-corrected chi connectivity index (χ2v) is 8.15. The molecule has 1 unspecified atom stereocenters. The number of aromatic nitrogens is 1. The number of nitrogens with zero attached hydrogens (tertiary/aromatic N) is 2. The van der Waals surface area contributed by atoms with E-state index in [0.717, 1.165) is 29.1 Å². The van der Waals surface area contributed by atoms with Crippen LogP contribution >= 0.6 is 11.3 Å². The predicted molar refractivity (Wildman–Crippen MR) is 100 cm³/mol. The van der Waals surface area contributed by atoms with Gasteiger partial charge >= 0.3 is 5.97 Å². The lowest BCUT2D eigenvalue weighted by Gasteiger charge is -2.20. The van der Waals surface area contributed by atoms with E-state index >= 15 is 0 Å². The van der Waals surface area contributed by atoms with Gasteiger partial charge in [0, 0.05) is 13.6 Å². The van der Waals surface area contributed by atoms with Crippen LogP contribution in [0.25, 0.3) is 0 Å². The second-order valence-electron chi connectivity index (χ2n) is 7.12. The van der Waals surface area contributed by atoms with E-state index in [0.29, 0.717) is 16.9 Å². The topological polar surface area (TPSA) is 75.6 Å². The minimum absolute atomic E-state index is 0.0193. The van der Waals surface area contributed by atoms with E-state index < -0.39 is 0 Å². The SMILES string of the molecule is CCOC(=O)c1sc(C(C)NC(=NC)NCC2(C3CC3)CC2)nc1C. The molecule has 0 aromatic carbocycles. The van der Waals surface area contributed by atoms with Crippen LogP contribution in [0.3, 0.4) is 0 Å². The smallest absolute Gasteiger partial charge is 0.350 e. The van der Waals surface area contributed by atoms with Crippen molar-refractivity contribution in [3.63, 3.8) is 0 Å². The van der Waals surface area contributed by atoms with Gasteiger partial charge in [-0.2, -0.15) is 0 Å². The van der Waals surface area contributed by atoms with Gasteiger partial charge in [-0.1, -0.05) is 0 Å². The van der Waals surface area contributed by atoms with Crippen LogP contribution in [0.2, 0.25) is 0 Å². The number of rotatable bonds is 7. The van der Waals surface area contributed by atoms with Crippen molar-refractivity contribution >= 4 is 23.3 Å². The molecule has 2 fully saturated rings. The molecule has 1 aromatic heterocycles. The Morgan fingerprint density at radius 1 is 1.48 bits per heavy atom. The summed E-state index contributed by atoms with van der Waals surface area (Å²) in [6, 6.07) is -0.0193. The summed E-state index contributed by atoms with van der Waals surface area (Å²) in [7, 11) is 1.79. The van der Waals surface area contributed by atoms with Crippen molar-refractivity contribution in [2.45, 2.75) is 52.5 Å². The molecule has 7 heteroatoms. The third kappa shape index (κ3) is 4.14. The number of hydrogen-bond donors (Lipinski definition) is 2. The fourth-order valence-electron chi connectivity index (χ4n) is 3.30. The number of aryl methyl sites for hydroxylation is 1. The van der Waals surface area contributed by atoms with Crippen LogP contribution in [-0.2, 0) is 4.74 Å². The van der Waals surface area contributed by atoms with Crippen LogP contribution in [0, 0.1) is 18.3 Å². The highest BCUT2D eigenvalue weighted by Gasteiger charge is 2.53. The van der Waals surface area contributed by atoms with Crippen molar-refractivity contribution in [3.05, 3.63) is 15.6 Å². The molecule has 2 saturated carbocycles. The molecule has 2 aliphatic carbocycles. The summed E-state index contributed by atoms with van der Waals surface area (Å²) in [5.74, 6) is 1.42. The Hall–Kier alpha value is -1.63. The number of nitrogens with one attached hydrogen (secondary N) is 2. The highest BCUT2D eigenvalue weighted by Crippen LogP contribution is 2.60. The zero-order valence-corrected chi connectivity index (χ0v) is 16.3. The third-order valence-electron chi connectivity index (χ3n) is 5.16. The van der Waals surface area contributed by atoms with Crippen molar-refractivity contribution in [3.8, 4) is 0 Å². The molecular weight excluding hydrogens is 336 g/mol. The van der Waals surface area contributed by atoms with E-state index in [2.05, 4.69) is 20.6 Å². The number of guanidine groups is 1. The highest BCUT2D eigenvalue weighted by molar-refractivity contribution is 7.13. The summed E-state index contributed by atoms with van der Waals surface area (Å²) in [6.07, 6.45) is 5.45. The fourth-order valence-corrected chi connectivity index (χ4v) is 4.26. The van der Waals surface area contributed by atoms with Gasteiger partial charge in [-0.25, -0.2) is 9.78 Å². The zero-order chi connectivity index (χ0) is 18.0. The molecule has 0 bridgehead atoms. The van der Waals surface area contributed by atoms with Crippen molar-refractivity contribution in [2.24, 2.45) is 16.3 Å². The number of hydrogen-bond acceptors (Lipinski definition) is 5. The van der Waals surface area contributed by atoms with Crippen molar-refractivity contribution in [2.75, 3.05) is 20.2 Å². The lowest BCUT2D eigenvalue weighted by atomic mass is 10.0. The number of ether oxygens (including phenoxy) is 1. The first kappa shape index (κ1) is 18.2. The summed E-state index contributed by atoms with van der Waals surface area (Å²) in [5, 5.41) is 7.74. The van der Waals surface area contributed by atoms with E-state index in [9.17, 15) is 4.79 Å². The molecule has 1 heterocycles. The summed E-state index contributed by atoms with van der Waals surface area (Å²) < 4.78 is 5.09. The molecule has 6 nitrogen and oxygen atoms in total. The van der Waals surface area contributed by atoms with Gasteiger partial charge in [0.15, 0.2) is 5.96 Å². The Bertz CT molecular complexity index is 662. The first-order chi connectivity index (χ1) is 12.0. The quantitative estimate of drug-likeness (QED) is 0.442. The van der Waals surface area contributed by atoms with Gasteiger partial charge in [-0.05, 0) is 57.8 Å². The van der Waals surface area contributed by atoms with Crippen LogP contribution in [0.5, 0.6) is 0 Å². The predicted octanol–water partition coefficient (Wildman–Crippen LogP) is 3.04. The Kier molecular flexibility index (Phi) is 5.32. The van der Waals surface area contributed by atoms with Crippen LogP contribution in [-0.4, -0.2) is 37.1 Å². The second kappa shape index (κ2) is 7.32. The molecule has 0 spiro atoms. The molecule has 2 N–H and O–H groups in total. The molecule has 138 valence electrons. The number of carbonyl (C=O) groups is 1. The summed E-state index contributed by atoms with van der Waals surface area (Å²) >= 11 is 1.39. The van der Waals surface area contributed by atoms with Gasteiger partial charge < -0.3 is 15.4 Å². The van der Waals surface area contributed by atoms with Gasteiger partial charge in [0.1, 0.15) is 9.88 Å².